The van der Waals surface area contributed by atoms with Gasteiger partial charge in [-0.05, 0) is 35.9 Å². The van der Waals surface area contributed by atoms with Crippen molar-refractivity contribution in [3.8, 4) is 0 Å². The number of nitrogens with one attached hydrogen (secondary N) is 1. The van der Waals surface area contributed by atoms with E-state index >= 15 is 4.39 Å². The fourth-order valence-corrected chi connectivity index (χ4v) is 3.65. The van der Waals surface area contributed by atoms with Gasteiger partial charge in [-0.2, -0.15) is 0 Å². The number of amides is 2. The zero-order valence-electron chi connectivity index (χ0n) is 15.8. The first-order valence-electron chi connectivity index (χ1n) is 9.56. The van der Waals surface area contributed by atoms with Gasteiger partial charge in [0, 0.05) is 37.1 Å². The molecule has 6 nitrogen and oxygen atoms in total. The van der Waals surface area contributed by atoms with Crippen LogP contribution in [0, 0.1) is 0 Å². The van der Waals surface area contributed by atoms with Crippen molar-refractivity contribution in [3.05, 3.63) is 72.3 Å². The van der Waals surface area contributed by atoms with Gasteiger partial charge >= 0.3 is 0 Å². The van der Waals surface area contributed by atoms with E-state index in [1.54, 1.807) is 30.7 Å². The Hall–Kier alpha value is -3.35. The summed E-state index contributed by atoms with van der Waals surface area (Å²) in [5.74, 6) is -1.06. The number of aromatic nitrogens is 2. The number of nitrogens with zero attached hydrogens (tertiary/aromatic N) is 3. The number of pyridine rings is 2. The fraction of sp³-hybridized carbons (Fsp3) is 0.273. The van der Waals surface area contributed by atoms with Crippen LogP contribution in [0.1, 0.15) is 28.9 Å². The molecule has 1 aliphatic heterocycles. The molecule has 148 valence electrons. The van der Waals surface area contributed by atoms with Crippen molar-refractivity contribution in [2.45, 2.75) is 25.1 Å². The lowest BCUT2D eigenvalue weighted by atomic mass is 9.93. The molecule has 0 bridgehead atoms. The van der Waals surface area contributed by atoms with E-state index in [1.165, 1.54) is 4.90 Å². The monoisotopic (exact) mass is 392 g/mol. The van der Waals surface area contributed by atoms with E-state index in [4.69, 9.17) is 0 Å². The largest absolute Gasteiger partial charge is 0.349 e. The number of benzene rings is 1. The van der Waals surface area contributed by atoms with E-state index in [9.17, 15) is 9.59 Å². The molecule has 0 radical (unpaired) electrons. The fourth-order valence-electron chi connectivity index (χ4n) is 3.65. The predicted octanol–water partition coefficient (Wildman–Crippen LogP) is 2.89. The van der Waals surface area contributed by atoms with Crippen molar-refractivity contribution in [2.24, 2.45) is 0 Å². The highest BCUT2D eigenvalue weighted by molar-refractivity contribution is 6.05. The van der Waals surface area contributed by atoms with Crippen molar-refractivity contribution in [3.63, 3.8) is 0 Å². The minimum absolute atomic E-state index is 0.0820. The Bertz CT molecular complexity index is 1040. The lowest BCUT2D eigenvalue weighted by Crippen LogP contribution is -2.55. The van der Waals surface area contributed by atoms with Gasteiger partial charge in [0.05, 0.1) is 6.54 Å². The standard InChI is InChI=1S/C22H21FN4O2/c23-22(21(29)26-14-16-5-3-10-24-13-16)9-4-12-27(15-22)20(28)19-18-7-2-1-6-17(18)8-11-25-19/h1-3,5-8,10-11,13H,4,9,12,14-15H2,(H,26,29). The summed E-state index contributed by atoms with van der Waals surface area (Å²) in [6.45, 7) is 0.304. The maximum absolute atomic E-state index is 15.5. The highest BCUT2D eigenvalue weighted by Crippen LogP contribution is 2.28. The molecule has 2 amide bonds. The normalized spacial score (nSPS) is 19.1. The van der Waals surface area contributed by atoms with E-state index < -0.39 is 11.6 Å². The van der Waals surface area contributed by atoms with Crippen LogP contribution < -0.4 is 5.32 Å². The summed E-state index contributed by atoms with van der Waals surface area (Å²) < 4.78 is 15.5. The number of piperidine rings is 1. The van der Waals surface area contributed by atoms with Crippen LogP contribution in [0.3, 0.4) is 0 Å². The molecule has 2 aromatic heterocycles. The summed E-state index contributed by atoms with van der Waals surface area (Å²) in [7, 11) is 0. The van der Waals surface area contributed by atoms with E-state index in [2.05, 4.69) is 15.3 Å². The Balaban J connectivity index is 1.49. The average molecular weight is 392 g/mol. The number of carbonyl (C=O) groups is 2. The quantitative estimate of drug-likeness (QED) is 0.741. The third-order valence-electron chi connectivity index (χ3n) is 5.19. The number of likely N-dealkylation sites (tertiary alicyclic amines) is 1. The molecule has 0 saturated carbocycles. The SMILES string of the molecule is O=C(c1nccc2ccccc12)N1CCCC(F)(C(=O)NCc2cccnc2)C1. The van der Waals surface area contributed by atoms with Crippen molar-refractivity contribution < 1.29 is 14.0 Å². The predicted molar refractivity (Wildman–Crippen MR) is 107 cm³/mol. The molecule has 29 heavy (non-hydrogen) atoms. The average Bonchev–Trinajstić information content (AvgIpc) is 2.77. The Labute approximate surface area is 167 Å². The Morgan fingerprint density at radius 3 is 2.83 bits per heavy atom. The van der Waals surface area contributed by atoms with Gasteiger partial charge in [0.15, 0.2) is 0 Å². The zero-order chi connectivity index (χ0) is 20.3. The molecule has 1 aliphatic rings. The van der Waals surface area contributed by atoms with E-state index in [0.717, 1.165) is 16.3 Å². The first kappa shape index (κ1) is 19.0. The highest BCUT2D eigenvalue weighted by atomic mass is 19.1. The molecular formula is C22H21FN4O2. The lowest BCUT2D eigenvalue weighted by Gasteiger charge is -2.36. The first-order valence-corrected chi connectivity index (χ1v) is 9.56. The summed E-state index contributed by atoms with van der Waals surface area (Å²) in [4.78, 5) is 35.2. The van der Waals surface area contributed by atoms with Gasteiger partial charge in [-0.3, -0.25) is 19.6 Å². The number of carbonyl (C=O) groups excluding carboxylic acids is 2. The summed E-state index contributed by atoms with van der Waals surface area (Å²) in [5.41, 5.74) is -1.06. The second-order valence-electron chi connectivity index (χ2n) is 7.22. The third-order valence-corrected chi connectivity index (χ3v) is 5.19. The molecule has 1 saturated heterocycles. The van der Waals surface area contributed by atoms with Gasteiger partial charge in [0.1, 0.15) is 5.69 Å². The number of fused-ring (bicyclic) bond motifs is 1. The Morgan fingerprint density at radius 2 is 2.00 bits per heavy atom. The second kappa shape index (κ2) is 7.95. The molecular weight excluding hydrogens is 371 g/mol. The molecule has 3 heterocycles. The van der Waals surface area contributed by atoms with Crippen LogP contribution in [0.5, 0.6) is 0 Å². The molecule has 1 unspecified atom stereocenters. The molecule has 7 heteroatoms. The molecule has 4 rings (SSSR count). The number of alkyl halides is 1. The number of halogens is 1. The minimum atomic E-state index is -2.12. The van der Waals surface area contributed by atoms with Gasteiger partial charge in [-0.15, -0.1) is 0 Å². The maximum Gasteiger partial charge on any atom is 0.273 e. The summed E-state index contributed by atoms with van der Waals surface area (Å²) >= 11 is 0. The van der Waals surface area contributed by atoms with Crippen molar-refractivity contribution in [1.29, 1.82) is 0 Å². The van der Waals surface area contributed by atoms with Gasteiger partial charge in [0.25, 0.3) is 11.8 Å². The molecule has 1 fully saturated rings. The topological polar surface area (TPSA) is 75.2 Å². The molecule has 0 spiro atoms. The Morgan fingerprint density at radius 1 is 1.14 bits per heavy atom. The van der Waals surface area contributed by atoms with Crippen LogP contribution >= 0.6 is 0 Å². The van der Waals surface area contributed by atoms with Crippen molar-refractivity contribution >= 4 is 22.6 Å². The summed E-state index contributed by atoms with van der Waals surface area (Å²) in [5, 5.41) is 4.24. The highest BCUT2D eigenvalue weighted by Gasteiger charge is 2.44. The number of rotatable bonds is 4. The summed E-state index contributed by atoms with van der Waals surface area (Å²) in [6, 6.07) is 12.8. The van der Waals surface area contributed by atoms with Gasteiger partial charge in [-0.25, -0.2) is 4.39 Å². The second-order valence-corrected chi connectivity index (χ2v) is 7.22. The van der Waals surface area contributed by atoms with Gasteiger partial charge in [0.2, 0.25) is 5.67 Å². The summed E-state index contributed by atoms with van der Waals surface area (Å²) in [6.07, 6.45) is 5.32. The van der Waals surface area contributed by atoms with Gasteiger partial charge < -0.3 is 10.2 Å². The zero-order valence-corrected chi connectivity index (χ0v) is 15.8. The smallest absolute Gasteiger partial charge is 0.273 e. The third kappa shape index (κ3) is 3.94. The first-order chi connectivity index (χ1) is 14.1. The van der Waals surface area contributed by atoms with Crippen molar-refractivity contribution in [1.82, 2.24) is 20.2 Å². The van der Waals surface area contributed by atoms with Crippen LogP contribution in [0.4, 0.5) is 4.39 Å². The minimum Gasteiger partial charge on any atom is -0.349 e. The van der Waals surface area contributed by atoms with Crippen LogP contribution in [0.15, 0.2) is 61.1 Å². The van der Waals surface area contributed by atoms with Gasteiger partial charge in [-0.1, -0.05) is 30.3 Å². The van der Waals surface area contributed by atoms with E-state index in [0.29, 0.717) is 13.0 Å². The molecule has 1 atom stereocenters. The molecule has 3 aromatic rings. The molecule has 1 aromatic carbocycles. The van der Waals surface area contributed by atoms with E-state index in [-0.39, 0.29) is 31.1 Å². The molecule has 1 N–H and O–H groups in total. The van der Waals surface area contributed by atoms with Crippen molar-refractivity contribution in [2.75, 3.05) is 13.1 Å². The maximum atomic E-state index is 15.5. The van der Waals surface area contributed by atoms with Crippen LogP contribution in [-0.4, -0.2) is 45.4 Å². The van der Waals surface area contributed by atoms with Crippen LogP contribution in [0.25, 0.3) is 10.8 Å². The van der Waals surface area contributed by atoms with Crippen LogP contribution in [-0.2, 0) is 11.3 Å². The number of hydrogen-bond acceptors (Lipinski definition) is 4. The number of hydrogen-bond donors (Lipinski definition) is 1. The Kier molecular flexibility index (Phi) is 5.20. The van der Waals surface area contributed by atoms with Crippen LogP contribution in [0.2, 0.25) is 0 Å². The lowest BCUT2D eigenvalue weighted by molar-refractivity contribution is -0.136. The van der Waals surface area contributed by atoms with E-state index in [1.807, 2.05) is 30.3 Å². The molecule has 0 aliphatic carbocycles.